The number of carbonyl (C=O) groups is 2. The number of halogens is 1. The van der Waals surface area contributed by atoms with Gasteiger partial charge < -0.3 is 16.0 Å². The van der Waals surface area contributed by atoms with Crippen molar-refractivity contribution in [1.29, 1.82) is 0 Å². The number of nitrogen functional groups attached to an aromatic ring is 1. The van der Waals surface area contributed by atoms with Gasteiger partial charge in [-0.1, -0.05) is 0 Å². The Morgan fingerprint density at radius 2 is 2.30 bits per heavy atom. The van der Waals surface area contributed by atoms with Gasteiger partial charge in [0, 0.05) is 31.1 Å². The molecule has 6 heteroatoms. The molecule has 108 valence electrons. The number of anilines is 1. The van der Waals surface area contributed by atoms with Crippen LogP contribution >= 0.6 is 0 Å². The Bertz CT molecular complexity index is 533. The van der Waals surface area contributed by atoms with Crippen LogP contribution in [0.1, 0.15) is 30.1 Å². The quantitative estimate of drug-likeness (QED) is 0.812. The van der Waals surface area contributed by atoms with Gasteiger partial charge in [0.25, 0.3) is 5.91 Å². The van der Waals surface area contributed by atoms with Crippen molar-refractivity contribution in [3.8, 4) is 0 Å². The zero-order valence-corrected chi connectivity index (χ0v) is 11.4. The summed E-state index contributed by atoms with van der Waals surface area (Å²) in [6, 6.07) is 3.75. The molecule has 1 heterocycles. The van der Waals surface area contributed by atoms with E-state index in [0.29, 0.717) is 13.0 Å². The second-order valence-electron chi connectivity index (χ2n) is 5.05. The van der Waals surface area contributed by atoms with Crippen LogP contribution in [0.15, 0.2) is 18.2 Å². The molecule has 0 aliphatic carbocycles. The second kappa shape index (κ2) is 5.90. The maximum atomic E-state index is 13.3. The number of benzene rings is 1. The lowest BCUT2D eigenvalue weighted by molar-refractivity contribution is -0.127. The molecule has 1 aromatic carbocycles. The van der Waals surface area contributed by atoms with E-state index < -0.39 is 5.82 Å². The highest BCUT2D eigenvalue weighted by Crippen LogP contribution is 2.13. The summed E-state index contributed by atoms with van der Waals surface area (Å²) in [5, 5.41) is 2.75. The molecule has 2 rings (SSSR count). The zero-order chi connectivity index (χ0) is 14.7. The van der Waals surface area contributed by atoms with E-state index in [4.69, 9.17) is 5.73 Å². The van der Waals surface area contributed by atoms with E-state index >= 15 is 0 Å². The molecule has 1 atom stereocenters. The van der Waals surface area contributed by atoms with E-state index in [-0.39, 0.29) is 29.1 Å². The van der Waals surface area contributed by atoms with E-state index in [9.17, 15) is 14.0 Å². The normalized spacial score (nSPS) is 16.3. The van der Waals surface area contributed by atoms with Crippen LogP contribution in [0.2, 0.25) is 0 Å². The minimum atomic E-state index is -0.611. The van der Waals surface area contributed by atoms with Crippen LogP contribution in [0.3, 0.4) is 0 Å². The molecular formula is C14H18FN3O2. The summed E-state index contributed by atoms with van der Waals surface area (Å²) >= 11 is 0. The first-order valence-electron chi connectivity index (χ1n) is 6.61. The molecule has 0 saturated carbocycles. The van der Waals surface area contributed by atoms with Crippen molar-refractivity contribution in [2.24, 2.45) is 0 Å². The number of rotatable bonds is 4. The van der Waals surface area contributed by atoms with Gasteiger partial charge in [0.05, 0.1) is 5.69 Å². The molecule has 5 nitrogen and oxygen atoms in total. The third-order valence-electron chi connectivity index (χ3n) is 3.31. The summed E-state index contributed by atoms with van der Waals surface area (Å²) in [5.41, 5.74) is 5.59. The van der Waals surface area contributed by atoms with Crippen molar-refractivity contribution in [1.82, 2.24) is 10.2 Å². The summed E-state index contributed by atoms with van der Waals surface area (Å²) < 4.78 is 13.3. The van der Waals surface area contributed by atoms with E-state index in [2.05, 4.69) is 5.32 Å². The topological polar surface area (TPSA) is 75.4 Å². The Balaban J connectivity index is 1.93. The van der Waals surface area contributed by atoms with E-state index in [1.807, 2.05) is 6.92 Å². The Morgan fingerprint density at radius 3 is 2.90 bits per heavy atom. The van der Waals surface area contributed by atoms with Gasteiger partial charge in [0.2, 0.25) is 5.91 Å². The Hall–Kier alpha value is -2.11. The largest absolute Gasteiger partial charge is 0.396 e. The van der Waals surface area contributed by atoms with Gasteiger partial charge in [0.1, 0.15) is 5.82 Å². The SMILES string of the molecule is CC(CN1CCCC1=O)NC(=O)c1ccc(N)c(F)c1. The molecule has 1 aromatic rings. The maximum absolute atomic E-state index is 13.3. The maximum Gasteiger partial charge on any atom is 0.251 e. The van der Waals surface area contributed by atoms with Crippen LogP contribution in [-0.4, -0.2) is 35.8 Å². The van der Waals surface area contributed by atoms with Gasteiger partial charge in [-0.05, 0) is 31.5 Å². The number of nitrogens with two attached hydrogens (primary N) is 1. The zero-order valence-electron chi connectivity index (χ0n) is 11.4. The lowest BCUT2D eigenvalue weighted by atomic mass is 10.1. The van der Waals surface area contributed by atoms with Gasteiger partial charge in [0.15, 0.2) is 0 Å². The third-order valence-corrected chi connectivity index (χ3v) is 3.31. The predicted molar refractivity (Wildman–Crippen MR) is 73.6 cm³/mol. The molecule has 20 heavy (non-hydrogen) atoms. The smallest absolute Gasteiger partial charge is 0.251 e. The number of hydrogen-bond acceptors (Lipinski definition) is 3. The van der Waals surface area contributed by atoms with Gasteiger partial charge in [-0.25, -0.2) is 4.39 Å². The van der Waals surface area contributed by atoms with Gasteiger partial charge in [-0.3, -0.25) is 9.59 Å². The summed E-state index contributed by atoms with van der Waals surface area (Å²) in [6.45, 7) is 3.02. The molecule has 0 radical (unpaired) electrons. The standard InChI is InChI=1S/C14H18FN3O2/c1-9(8-18-6-2-3-13(18)19)17-14(20)10-4-5-12(16)11(15)7-10/h4-5,7,9H,2-3,6,8,16H2,1H3,(H,17,20). The third kappa shape index (κ3) is 3.26. The van der Waals surface area contributed by atoms with Crippen LogP contribution in [-0.2, 0) is 4.79 Å². The lowest BCUT2D eigenvalue weighted by Crippen LogP contribution is -2.42. The fourth-order valence-electron chi connectivity index (χ4n) is 2.25. The molecule has 0 aromatic heterocycles. The Labute approximate surface area is 116 Å². The van der Waals surface area contributed by atoms with E-state index in [1.165, 1.54) is 12.1 Å². The molecule has 1 saturated heterocycles. The molecule has 3 N–H and O–H groups in total. The van der Waals surface area contributed by atoms with Crippen molar-refractivity contribution in [2.75, 3.05) is 18.8 Å². The van der Waals surface area contributed by atoms with Crippen molar-refractivity contribution >= 4 is 17.5 Å². The first-order valence-corrected chi connectivity index (χ1v) is 6.61. The molecule has 0 bridgehead atoms. The molecule has 1 aliphatic heterocycles. The highest BCUT2D eigenvalue weighted by atomic mass is 19.1. The first-order chi connectivity index (χ1) is 9.47. The first kappa shape index (κ1) is 14.3. The molecule has 0 spiro atoms. The van der Waals surface area contributed by atoms with Gasteiger partial charge in [-0.2, -0.15) is 0 Å². The minimum absolute atomic E-state index is 0.0114. The minimum Gasteiger partial charge on any atom is -0.396 e. The molecule has 1 aliphatic rings. The number of nitrogens with one attached hydrogen (secondary N) is 1. The average Bonchev–Trinajstić information content (AvgIpc) is 2.78. The lowest BCUT2D eigenvalue weighted by Gasteiger charge is -2.21. The van der Waals surface area contributed by atoms with Crippen LogP contribution in [0.5, 0.6) is 0 Å². The van der Waals surface area contributed by atoms with Gasteiger partial charge >= 0.3 is 0 Å². The van der Waals surface area contributed by atoms with Crippen molar-refractivity contribution in [2.45, 2.75) is 25.8 Å². The summed E-state index contributed by atoms with van der Waals surface area (Å²) in [6.07, 6.45) is 1.44. The number of carbonyl (C=O) groups excluding carboxylic acids is 2. The van der Waals surface area contributed by atoms with Crippen molar-refractivity contribution in [3.63, 3.8) is 0 Å². The molecule has 1 unspecified atom stereocenters. The van der Waals surface area contributed by atoms with E-state index in [1.54, 1.807) is 4.90 Å². The number of hydrogen-bond donors (Lipinski definition) is 2. The number of likely N-dealkylation sites (tertiary alicyclic amines) is 1. The van der Waals surface area contributed by atoms with E-state index in [0.717, 1.165) is 19.0 Å². The Morgan fingerprint density at radius 1 is 1.55 bits per heavy atom. The molecule has 2 amide bonds. The monoisotopic (exact) mass is 279 g/mol. The fraction of sp³-hybridized carbons (Fsp3) is 0.429. The van der Waals surface area contributed by atoms with Crippen LogP contribution in [0.25, 0.3) is 0 Å². The molecular weight excluding hydrogens is 261 g/mol. The summed E-state index contributed by atoms with van der Waals surface area (Å²) in [5.74, 6) is -0.868. The van der Waals surface area contributed by atoms with Gasteiger partial charge in [-0.15, -0.1) is 0 Å². The van der Waals surface area contributed by atoms with Crippen LogP contribution in [0, 0.1) is 5.82 Å². The highest BCUT2D eigenvalue weighted by molar-refractivity contribution is 5.94. The summed E-state index contributed by atoms with van der Waals surface area (Å²) in [7, 11) is 0. The summed E-state index contributed by atoms with van der Waals surface area (Å²) in [4.78, 5) is 25.2. The predicted octanol–water partition coefficient (Wildman–Crippen LogP) is 1.15. The number of nitrogens with zero attached hydrogens (tertiary/aromatic N) is 1. The Kier molecular flexibility index (Phi) is 4.22. The van der Waals surface area contributed by atoms with Crippen LogP contribution < -0.4 is 11.1 Å². The second-order valence-corrected chi connectivity index (χ2v) is 5.05. The molecule has 1 fully saturated rings. The fourth-order valence-corrected chi connectivity index (χ4v) is 2.25. The average molecular weight is 279 g/mol. The number of amides is 2. The highest BCUT2D eigenvalue weighted by Gasteiger charge is 2.22. The van der Waals surface area contributed by atoms with Crippen molar-refractivity contribution in [3.05, 3.63) is 29.6 Å². The van der Waals surface area contributed by atoms with Crippen LogP contribution in [0.4, 0.5) is 10.1 Å². The van der Waals surface area contributed by atoms with Crippen molar-refractivity contribution < 1.29 is 14.0 Å².